The van der Waals surface area contributed by atoms with Crippen molar-refractivity contribution < 1.29 is 26.2 Å². The van der Waals surface area contributed by atoms with E-state index in [4.69, 9.17) is 0 Å². The Bertz CT molecular complexity index is 940. The molecule has 0 aromatic heterocycles. The monoisotopic (exact) mass is 490 g/mol. The fourth-order valence-corrected chi connectivity index (χ4v) is 3.87. The van der Waals surface area contributed by atoms with Crippen molar-refractivity contribution >= 4 is 20.3 Å². The van der Waals surface area contributed by atoms with Crippen molar-refractivity contribution in [1.82, 2.24) is 0 Å². The average Bonchev–Trinajstić information content (AvgIpc) is 3.19. The van der Waals surface area contributed by atoms with E-state index in [1.165, 1.54) is 50.6 Å². The third kappa shape index (κ3) is 6.69. The molecule has 1 unspecified atom stereocenters. The maximum atomic E-state index is 3.47. The van der Waals surface area contributed by atoms with Crippen LogP contribution in [0.4, 0.5) is 0 Å². The van der Waals surface area contributed by atoms with Gasteiger partial charge in [-0.05, 0) is 5.92 Å². The van der Waals surface area contributed by atoms with E-state index < -0.39 is 0 Å². The van der Waals surface area contributed by atoms with E-state index in [1.54, 1.807) is 0 Å². The van der Waals surface area contributed by atoms with Crippen LogP contribution in [0, 0.1) is 39.7 Å². The summed E-state index contributed by atoms with van der Waals surface area (Å²) >= 11 is 0. The average molecular weight is 492 g/mol. The van der Waals surface area contributed by atoms with Gasteiger partial charge in [-0.3, -0.25) is 0 Å². The Morgan fingerprint density at radius 3 is 2.00 bits per heavy atom. The molecule has 0 spiro atoms. The molecule has 3 radical (unpaired) electrons. The Balaban J connectivity index is 0.000000295. The summed E-state index contributed by atoms with van der Waals surface area (Å²) in [6, 6.07) is 15.3. The summed E-state index contributed by atoms with van der Waals surface area (Å²) in [5.74, 6) is 1.30. The van der Waals surface area contributed by atoms with Gasteiger partial charge in [0.2, 0.25) is 0 Å². The molecular weight excluding hydrogens is 456 g/mol. The minimum absolute atomic E-state index is 0. The molecule has 0 N–H and O–H groups in total. The number of benzene rings is 2. The van der Waals surface area contributed by atoms with Crippen LogP contribution in [0.2, 0.25) is 13.1 Å². The third-order valence-corrected chi connectivity index (χ3v) is 5.69. The summed E-state index contributed by atoms with van der Waals surface area (Å²) in [5, 5.41) is 2.66. The zero-order valence-corrected chi connectivity index (χ0v) is 23.4. The number of allylic oxidation sites excluding steroid dienone is 1. The molecule has 155 valence electrons. The van der Waals surface area contributed by atoms with Gasteiger partial charge in [-0.1, -0.05) is 96.6 Å². The van der Waals surface area contributed by atoms with Gasteiger partial charge in [-0.25, -0.2) is 0 Å². The minimum atomic E-state index is 0. The Kier molecular flexibility index (Phi) is 11.4. The summed E-state index contributed by atoms with van der Waals surface area (Å²) in [4.78, 5) is 0. The van der Waals surface area contributed by atoms with Gasteiger partial charge in [-0.15, -0.1) is 29.2 Å². The molecule has 2 heteroatoms. The number of hydrogen-bond donors (Lipinski definition) is 0. The second kappa shape index (κ2) is 12.7. The summed E-state index contributed by atoms with van der Waals surface area (Å²) in [6.45, 7) is 17.6. The standard InChI is InChI=1S/C17H17.C9H13.C2H6Si.Zr/c1-12(2)11-14-8-10-17-15-6-4-3-5-13(15)7-9-16(14)17;1-6-5-7(2)9(4)8(6)3;1-3-2;/h3-9,12,14H,11H2,1-2H3;5H,1-4H3;1-2H3;/q2*-1;;+3. The second-order valence-electron chi connectivity index (χ2n) is 8.56. The Morgan fingerprint density at radius 2 is 1.50 bits per heavy atom. The number of aryl methyl sites for hydroxylation is 2. The van der Waals surface area contributed by atoms with Crippen LogP contribution < -0.4 is 0 Å². The molecule has 3 aromatic carbocycles. The zero-order valence-electron chi connectivity index (χ0n) is 20.0. The quantitative estimate of drug-likeness (QED) is 0.251. The SMILES string of the molecule is CC(C)CC1C=[C-]c2c1ccc1ccccc21.C[Si]C.Cc1[cH-]c(C)c(C)c1C.[Zr+3]. The first kappa shape index (κ1) is 26.9. The molecule has 4 rings (SSSR count). The molecule has 30 heavy (non-hydrogen) atoms. The Hall–Kier alpha value is -1.11. The topological polar surface area (TPSA) is 0 Å². The first-order valence-electron chi connectivity index (χ1n) is 10.7. The van der Waals surface area contributed by atoms with Gasteiger partial charge in [0, 0.05) is 9.52 Å². The Morgan fingerprint density at radius 1 is 0.933 bits per heavy atom. The number of rotatable bonds is 2. The number of hydrogen-bond acceptors (Lipinski definition) is 0. The van der Waals surface area contributed by atoms with Gasteiger partial charge >= 0.3 is 26.2 Å². The summed E-state index contributed by atoms with van der Waals surface area (Å²) < 4.78 is 0. The molecule has 0 amide bonds. The van der Waals surface area contributed by atoms with E-state index in [-0.39, 0.29) is 26.2 Å². The van der Waals surface area contributed by atoms with Crippen molar-refractivity contribution in [2.24, 2.45) is 5.92 Å². The largest absolute Gasteiger partial charge is 3.00 e. The van der Waals surface area contributed by atoms with Crippen molar-refractivity contribution in [1.29, 1.82) is 0 Å². The van der Waals surface area contributed by atoms with Gasteiger partial charge in [0.25, 0.3) is 0 Å². The molecule has 1 aliphatic rings. The van der Waals surface area contributed by atoms with E-state index in [0.717, 1.165) is 15.4 Å². The van der Waals surface area contributed by atoms with Gasteiger partial charge in [-0.2, -0.15) is 40.0 Å². The zero-order chi connectivity index (χ0) is 21.6. The molecule has 0 aliphatic heterocycles. The van der Waals surface area contributed by atoms with E-state index in [1.807, 2.05) is 0 Å². The summed E-state index contributed by atoms with van der Waals surface area (Å²) in [6.07, 6.45) is 6.94. The van der Waals surface area contributed by atoms with Crippen LogP contribution in [0.3, 0.4) is 0 Å². The molecule has 0 fully saturated rings. The first-order chi connectivity index (χ1) is 13.8. The van der Waals surface area contributed by atoms with E-state index in [9.17, 15) is 0 Å². The second-order valence-corrected chi connectivity index (χ2v) is 9.56. The molecule has 0 saturated heterocycles. The predicted octanol–water partition coefficient (Wildman–Crippen LogP) is 8.11. The molecular formula is C28H36SiZr+. The summed E-state index contributed by atoms with van der Waals surface area (Å²) in [7, 11) is 1.08. The van der Waals surface area contributed by atoms with Crippen LogP contribution in [0.25, 0.3) is 10.8 Å². The van der Waals surface area contributed by atoms with Gasteiger partial charge in [0.1, 0.15) is 0 Å². The smallest absolute Gasteiger partial charge is 0.196 e. The molecule has 1 aliphatic carbocycles. The molecule has 0 bridgehead atoms. The molecule has 3 aromatic rings. The first-order valence-corrected chi connectivity index (χ1v) is 12.7. The maximum Gasteiger partial charge on any atom is 3.00 e. The van der Waals surface area contributed by atoms with Crippen molar-refractivity contribution in [2.45, 2.75) is 67.0 Å². The van der Waals surface area contributed by atoms with Crippen molar-refractivity contribution in [3.63, 3.8) is 0 Å². The van der Waals surface area contributed by atoms with Gasteiger partial charge in [0.15, 0.2) is 0 Å². The fourth-order valence-electron chi connectivity index (χ4n) is 3.87. The van der Waals surface area contributed by atoms with Crippen molar-refractivity contribution in [2.75, 3.05) is 0 Å². The molecule has 0 heterocycles. The molecule has 0 nitrogen and oxygen atoms in total. The van der Waals surface area contributed by atoms with E-state index >= 15 is 0 Å². The van der Waals surface area contributed by atoms with E-state index in [2.05, 4.69) is 109 Å². The predicted molar refractivity (Wildman–Crippen MR) is 132 cm³/mol. The Labute approximate surface area is 206 Å². The van der Waals surface area contributed by atoms with Crippen molar-refractivity contribution in [3.8, 4) is 0 Å². The van der Waals surface area contributed by atoms with E-state index in [0.29, 0.717) is 5.92 Å². The third-order valence-electron chi connectivity index (χ3n) is 5.69. The minimum Gasteiger partial charge on any atom is -0.196 e. The maximum absolute atomic E-state index is 3.47. The molecule has 0 saturated carbocycles. The van der Waals surface area contributed by atoms with Crippen LogP contribution in [0.15, 0.2) is 48.5 Å². The van der Waals surface area contributed by atoms with Crippen LogP contribution in [0.5, 0.6) is 0 Å². The normalized spacial score (nSPS) is 13.8. The molecule has 1 atom stereocenters. The summed E-state index contributed by atoms with van der Waals surface area (Å²) in [5.41, 5.74) is 8.51. The fraction of sp³-hybridized carbons (Fsp3) is 0.393. The van der Waals surface area contributed by atoms with Crippen LogP contribution >= 0.6 is 0 Å². The van der Waals surface area contributed by atoms with Gasteiger partial charge < -0.3 is 0 Å². The van der Waals surface area contributed by atoms with Crippen molar-refractivity contribution in [3.05, 3.63) is 88.0 Å². The van der Waals surface area contributed by atoms with Crippen LogP contribution in [0.1, 0.15) is 59.6 Å². The number of fused-ring (bicyclic) bond motifs is 3. The van der Waals surface area contributed by atoms with Crippen LogP contribution in [-0.4, -0.2) is 9.52 Å². The van der Waals surface area contributed by atoms with Crippen LogP contribution in [-0.2, 0) is 26.2 Å². The van der Waals surface area contributed by atoms with Gasteiger partial charge in [0.05, 0.1) is 0 Å².